The molecule has 1 atom stereocenters. The molecule has 0 aliphatic carbocycles. The first kappa shape index (κ1) is 13.8. The molecule has 4 N–H and O–H groups in total. The molecule has 0 aliphatic heterocycles. The van der Waals surface area contributed by atoms with Crippen molar-refractivity contribution in [2.75, 3.05) is 5.32 Å². The van der Waals surface area contributed by atoms with Gasteiger partial charge in [-0.3, -0.25) is 0 Å². The van der Waals surface area contributed by atoms with E-state index in [-0.39, 0.29) is 17.7 Å². The van der Waals surface area contributed by atoms with E-state index in [1.165, 1.54) is 12.1 Å². The summed E-state index contributed by atoms with van der Waals surface area (Å²) in [5.74, 6) is -0.130. The average Bonchev–Trinajstić information content (AvgIpc) is 2.31. The Balaban J connectivity index is 2.73. The van der Waals surface area contributed by atoms with E-state index in [2.05, 4.69) is 26.4 Å². The van der Waals surface area contributed by atoms with Crippen molar-refractivity contribution in [3.63, 3.8) is 0 Å². The van der Waals surface area contributed by atoms with Crippen LogP contribution in [0, 0.1) is 5.82 Å². The summed E-state index contributed by atoms with van der Waals surface area (Å²) in [5.41, 5.74) is 6.24. The van der Waals surface area contributed by atoms with Gasteiger partial charge in [0.15, 0.2) is 0 Å². The van der Waals surface area contributed by atoms with E-state index in [9.17, 15) is 4.39 Å². The van der Waals surface area contributed by atoms with E-state index >= 15 is 0 Å². The molecule has 0 saturated heterocycles. The van der Waals surface area contributed by atoms with Gasteiger partial charge in [0, 0.05) is 22.6 Å². The van der Waals surface area contributed by atoms with Crippen LogP contribution >= 0.6 is 15.9 Å². The molecular formula is C11H15BrFN3O. The van der Waals surface area contributed by atoms with Crippen molar-refractivity contribution in [1.29, 1.82) is 0 Å². The Bertz CT molecular complexity index is 412. The van der Waals surface area contributed by atoms with Gasteiger partial charge < -0.3 is 16.3 Å². The summed E-state index contributed by atoms with van der Waals surface area (Å²) in [5, 5.41) is 14.7. The summed E-state index contributed by atoms with van der Waals surface area (Å²) >= 11 is 3.27. The standard InChI is InChI=1S/C11H15BrFN3O/c1-2-8(6-11(14)16-17)15-10-4-3-7(13)5-9(10)12/h3-5,8,15,17H,2,6H2,1H3,(H2,14,16). The Morgan fingerprint density at radius 1 is 1.65 bits per heavy atom. The molecule has 4 nitrogen and oxygen atoms in total. The van der Waals surface area contributed by atoms with Gasteiger partial charge in [-0.2, -0.15) is 0 Å². The van der Waals surface area contributed by atoms with E-state index in [1.54, 1.807) is 6.07 Å². The SMILES string of the molecule is CCC(CC(N)=NO)Nc1ccc(F)cc1Br. The van der Waals surface area contributed by atoms with Gasteiger partial charge >= 0.3 is 0 Å². The summed E-state index contributed by atoms with van der Waals surface area (Å²) in [7, 11) is 0. The van der Waals surface area contributed by atoms with Crippen molar-refractivity contribution in [2.24, 2.45) is 10.9 Å². The Morgan fingerprint density at radius 3 is 2.88 bits per heavy atom. The van der Waals surface area contributed by atoms with Gasteiger partial charge in [-0.1, -0.05) is 12.1 Å². The Morgan fingerprint density at radius 2 is 2.35 bits per heavy atom. The Labute approximate surface area is 108 Å². The molecular weight excluding hydrogens is 289 g/mol. The summed E-state index contributed by atoms with van der Waals surface area (Å²) in [4.78, 5) is 0. The number of nitrogens with two attached hydrogens (primary N) is 1. The molecule has 0 amide bonds. The first-order valence-corrected chi connectivity index (χ1v) is 6.04. The lowest BCUT2D eigenvalue weighted by molar-refractivity contribution is 0.316. The number of amidine groups is 1. The lowest BCUT2D eigenvalue weighted by Gasteiger charge is -2.18. The molecule has 17 heavy (non-hydrogen) atoms. The second-order valence-corrected chi connectivity index (χ2v) is 4.52. The highest BCUT2D eigenvalue weighted by atomic mass is 79.9. The highest BCUT2D eigenvalue weighted by Gasteiger charge is 2.10. The number of halogens is 2. The number of oxime groups is 1. The third kappa shape index (κ3) is 4.22. The number of nitrogens with zero attached hydrogens (tertiary/aromatic N) is 1. The van der Waals surface area contributed by atoms with E-state index in [0.29, 0.717) is 10.9 Å². The van der Waals surface area contributed by atoms with Crippen LogP contribution < -0.4 is 11.1 Å². The van der Waals surface area contributed by atoms with Crippen LogP contribution in [0.1, 0.15) is 19.8 Å². The van der Waals surface area contributed by atoms with Gasteiger partial charge in [0.1, 0.15) is 11.7 Å². The summed E-state index contributed by atoms with van der Waals surface area (Å²) in [6, 6.07) is 4.45. The lowest BCUT2D eigenvalue weighted by Crippen LogP contribution is -2.26. The maximum Gasteiger partial charge on any atom is 0.141 e. The summed E-state index contributed by atoms with van der Waals surface area (Å²) in [6.07, 6.45) is 1.23. The van der Waals surface area contributed by atoms with Crippen molar-refractivity contribution in [3.8, 4) is 0 Å². The molecule has 0 aromatic heterocycles. The van der Waals surface area contributed by atoms with Crippen molar-refractivity contribution in [3.05, 3.63) is 28.5 Å². The van der Waals surface area contributed by atoms with Gasteiger partial charge in [0.25, 0.3) is 0 Å². The van der Waals surface area contributed by atoms with Crippen LogP contribution in [-0.4, -0.2) is 17.1 Å². The number of rotatable bonds is 5. The molecule has 1 unspecified atom stereocenters. The molecule has 94 valence electrons. The van der Waals surface area contributed by atoms with Crippen molar-refractivity contribution in [1.82, 2.24) is 0 Å². The topological polar surface area (TPSA) is 70.6 Å². The van der Waals surface area contributed by atoms with E-state index in [1.807, 2.05) is 6.92 Å². The zero-order valence-corrected chi connectivity index (χ0v) is 11.0. The summed E-state index contributed by atoms with van der Waals surface area (Å²) < 4.78 is 13.6. The lowest BCUT2D eigenvalue weighted by atomic mass is 10.1. The number of hydrogen-bond donors (Lipinski definition) is 3. The molecule has 0 spiro atoms. The van der Waals surface area contributed by atoms with Crippen molar-refractivity contribution < 1.29 is 9.60 Å². The Kier molecular flexibility index (Phi) is 5.21. The fourth-order valence-corrected chi connectivity index (χ4v) is 1.88. The molecule has 0 bridgehead atoms. The van der Waals surface area contributed by atoms with E-state index < -0.39 is 0 Å². The molecule has 1 aromatic rings. The molecule has 0 saturated carbocycles. The van der Waals surface area contributed by atoms with E-state index in [4.69, 9.17) is 10.9 Å². The number of nitrogens with one attached hydrogen (secondary N) is 1. The van der Waals surface area contributed by atoms with Crippen LogP contribution in [0.5, 0.6) is 0 Å². The molecule has 0 aliphatic rings. The third-order valence-corrected chi connectivity index (χ3v) is 3.02. The van der Waals surface area contributed by atoms with Gasteiger partial charge in [0.2, 0.25) is 0 Å². The highest BCUT2D eigenvalue weighted by molar-refractivity contribution is 9.10. The zero-order valence-electron chi connectivity index (χ0n) is 9.45. The predicted molar refractivity (Wildman–Crippen MR) is 69.8 cm³/mol. The van der Waals surface area contributed by atoms with Gasteiger partial charge in [-0.25, -0.2) is 4.39 Å². The van der Waals surface area contributed by atoms with Gasteiger partial charge in [0.05, 0.1) is 0 Å². The Hall–Kier alpha value is -1.30. The summed E-state index contributed by atoms with van der Waals surface area (Å²) in [6.45, 7) is 1.99. The molecule has 0 radical (unpaired) electrons. The number of hydrogen-bond acceptors (Lipinski definition) is 3. The highest BCUT2D eigenvalue weighted by Crippen LogP contribution is 2.24. The van der Waals surface area contributed by atoms with Gasteiger partial charge in [-0.05, 0) is 40.5 Å². The quantitative estimate of drug-likeness (QED) is 0.339. The monoisotopic (exact) mass is 303 g/mol. The fraction of sp³-hybridized carbons (Fsp3) is 0.364. The minimum atomic E-state index is -0.299. The molecule has 1 rings (SSSR count). The number of anilines is 1. The van der Waals surface area contributed by atoms with Crippen molar-refractivity contribution in [2.45, 2.75) is 25.8 Å². The first-order chi connectivity index (χ1) is 8.06. The van der Waals surface area contributed by atoms with Crippen LogP contribution in [0.4, 0.5) is 10.1 Å². The molecule has 1 aromatic carbocycles. The number of benzene rings is 1. The van der Waals surface area contributed by atoms with Crippen molar-refractivity contribution >= 4 is 27.5 Å². The predicted octanol–water partition coefficient (Wildman–Crippen LogP) is 2.92. The van der Waals surface area contributed by atoms with Crippen LogP contribution in [0.3, 0.4) is 0 Å². The average molecular weight is 304 g/mol. The zero-order chi connectivity index (χ0) is 12.8. The largest absolute Gasteiger partial charge is 0.409 e. The maximum absolute atomic E-state index is 12.9. The first-order valence-electron chi connectivity index (χ1n) is 5.24. The maximum atomic E-state index is 12.9. The normalized spacial score (nSPS) is 13.5. The van der Waals surface area contributed by atoms with Crippen LogP contribution in [0.25, 0.3) is 0 Å². The van der Waals surface area contributed by atoms with Gasteiger partial charge in [-0.15, -0.1) is 0 Å². The third-order valence-electron chi connectivity index (χ3n) is 2.37. The second kappa shape index (κ2) is 6.44. The van der Waals surface area contributed by atoms with E-state index in [0.717, 1.165) is 12.1 Å². The van der Waals surface area contributed by atoms with Crippen LogP contribution in [-0.2, 0) is 0 Å². The van der Waals surface area contributed by atoms with Crippen LogP contribution in [0.15, 0.2) is 27.8 Å². The molecule has 0 fully saturated rings. The molecule has 0 heterocycles. The van der Waals surface area contributed by atoms with Crippen LogP contribution in [0.2, 0.25) is 0 Å². The minimum absolute atomic E-state index is 0.0349. The fourth-order valence-electron chi connectivity index (χ4n) is 1.42. The molecule has 6 heteroatoms. The minimum Gasteiger partial charge on any atom is -0.409 e. The smallest absolute Gasteiger partial charge is 0.141 e. The second-order valence-electron chi connectivity index (χ2n) is 3.67.